The Morgan fingerprint density at radius 1 is 1.29 bits per heavy atom. The second-order valence-electron chi connectivity index (χ2n) is 8.37. The summed E-state index contributed by atoms with van der Waals surface area (Å²) in [4.78, 5) is 27.4. The Labute approximate surface area is 204 Å². The average Bonchev–Trinajstić information content (AvgIpc) is 3.14. The van der Waals surface area contributed by atoms with Crippen molar-refractivity contribution in [2.45, 2.75) is 40.2 Å². The number of rotatable bonds is 11. The van der Waals surface area contributed by atoms with E-state index >= 15 is 0 Å². The predicted molar refractivity (Wildman–Crippen MR) is 136 cm³/mol. The van der Waals surface area contributed by atoms with Crippen LogP contribution in [0.15, 0.2) is 29.1 Å². The lowest BCUT2D eigenvalue weighted by Crippen LogP contribution is -2.34. The summed E-state index contributed by atoms with van der Waals surface area (Å²) in [7, 11) is 2.14. The van der Waals surface area contributed by atoms with E-state index in [2.05, 4.69) is 48.6 Å². The molecule has 1 aromatic carbocycles. The maximum atomic E-state index is 12.8. The number of likely N-dealkylation sites (N-methyl/N-ethyl adjacent to an activating group) is 1. The van der Waals surface area contributed by atoms with Gasteiger partial charge in [-0.25, -0.2) is 0 Å². The van der Waals surface area contributed by atoms with Crippen LogP contribution in [0.2, 0.25) is 0 Å². The summed E-state index contributed by atoms with van der Waals surface area (Å²) < 4.78 is 2.06. The summed E-state index contributed by atoms with van der Waals surface area (Å²) in [5.74, 6) is 0.0208. The molecule has 8 nitrogen and oxygen atoms in total. The average molecular weight is 481 g/mol. The lowest BCUT2D eigenvalue weighted by Gasteiger charge is -2.17. The Bertz CT molecular complexity index is 1250. The molecule has 2 N–H and O–H groups in total. The van der Waals surface area contributed by atoms with Crippen LogP contribution in [0.4, 0.5) is 5.69 Å². The van der Waals surface area contributed by atoms with Crippen LogP contribution < -0.4 is 25.4 Å². The first kappa shape index (κ1) is 26.8. The molecule has 0 unspecified atom stereocenters. The molecule has 1 amide bonds. The first-order valence-electron chi connectivity index (χ1n) is 11.3. The van der Waals surface area contributed by atoms with Crippen LogP contribution in [0.5, 0.6) is 0 Å². The molecule has 0 aliphatic carbocycles. The van der Waals surface area contributed by atoms with Gasteiger partial charge in [0.15, 0.2) is 5.57 Å². The van der Waals surface area contributed by atoms with Crippen molar-refractivity contribution in [3.05, 3.63) is 49.4 Å². The predicted octanol–water partition coefficient (Wildman–Crippen LogP) is 1.61. The minimum absolute atomic E-state index is 0.178. The van der Waals surface area contributed by atoms with E-state index in [0.29, 0.717) is 17.0 Å². The van der Waals surface area contributed by atoms with Crippen LogP contribution in [0.25, 0.3) is 11.8 Å². The van der Waals surface area contributed by atoms with Crippen LogP contribution >= 0.6 is 11.3 Å². The molecule has 0 saturated carbocycles. The lowest BCUT2D eigenvalue weighted by molar-refractivity contribution is -0.115. The fourth-order valence-electron chi connectivity index (χ4n) is 3.27. The molecule has 0 aliphatic rings. The molecule has 9 heteroatoms. The minimum Gasteiger partial charge on any atom is -0.360 e. The molecular weight excluding hydrogens is 448 g/mol. The van der Waals surface area contributed by atoms with Crippen molar-refractivity contribution in [3.8, 4) is 12.1 Å². The molecule has 1 heterocycles. The van der Waals surface area contributed by atoms with Crippen molar-refractivity contribution >= 4 is 34.7 Å². The van der Waals surface area contributed by atoms with Gasteiger partial charge in [0.2, 0.25) is 0 Å². The van der Waals surface area contributed by atoms with Gasteiger partial charge in [-0.15, -0.1) is 11.3 Å². The molecule has 2 rings (SSSR count). The molecule has 2 aromatic rings. The third kappa shape index (κ3) is 7.58. The number of hydrogen-bond acceptors (Lipinski definition) is 7. The van der Waals surface area contributed by atoms with Crippen molar-refractivity contribution in [2.75, 3.05) is 32.0 Å². The smallest absolute Gasteiger partial charge is 0.270 e. The van der Waals surface area contributed by atoms with Gasteiger partial charge in [-0.3, -0.25) is 14.2 Å². The van der Waals surface area contributed by atoms with Crippen molar-refractivity contribution in [3.63, 3.8) is 0 Å². The van der Waals surface area contributed by atoms with E-state index in [4.69, 9.17) is 5.26 Å². The summed E-state index contributed by atoms with van der Waals surface area (Å²) in [5, 5.41) is 23.7. The van der Waals surface area contributed by atoms with Crippen molar-refractivity contribution < 1.29 is 4.79 Å². The zero-order valence-electron chi connectivity index (χ0n) is 20.2. The largest absolute Gasteiger partial charge is 0.360 e. The zero-order chi connectivity index (χ0) is 25.1. The third-order valence-corrected chi connectivity index (χ3v) is 6.40. The minimum atomic E-state index is -0.668. The number of hydrogen-bond donors (Lipinski definition) is 2. The van der Waals surface area contributed by atoms with Gasteiger partial charge in [0.25, 0.3) is 11.5 Å². The molecule has 0 saturated heterocycles. The fourth-order valence-corrected chi connectivity index (χ4v) is 4.36. The first-order chi connectivity index (χ1) is 16.3. The number of thiazole rings is 1. The molecule has 0 fully saturated rings. The van der Waals surface area contributed by atoms with E-state index in [1.807, 2.05) is 18.2 Å². The van der Waals surface area contributed by atoms with E-state index in [9.17, 15) is 14.9 Å². The molecule has 0 radical (unpaired) electrons. The van der Waals surface area contributed by atoms with Crippen LogP contribution in [0.1, 0.15) is 32.8 Å². The lowest BCUT2D eigenvalue weighted by atomic mass is 10.1. The standard InChI is InChI=1S/C25H32N6O2S/c1-5-31-24(33)22(34-25(31)21(16-27)23(32)28-12-11-26)17-29-20-8-6-7-19(15-20)10-14-30(4)13-9-18(2)3/h6-8,15,17-18,29H,5,9-10,12-14H2,1-4H3,(H,28,32)/b22-17+,25-21-. The summed E-state index contributed by atoms with van der Waals surface area (Å²) in [6, 6.07) is 11.7. The Kier molecular flexibility index (Phi) is 10.5. The van der Waals surface area contributed by atoms with Gasteiger partial charge in [-0.05, 0) is 57.0 Å². The van der Waals surface area contributed by atoms with E-state index < -0.39 is 5.91 Å². The van der Waals surface area contributed by atoms with E-state index in [-0.39, 0.29) is 22.3 Å². The third-order valence-electron chi connectivity index (χ3n) is 5.27. The van der Waals surface area contributed by atoms with E-state index in [0.717, 1.165) is 36.5 Å². The van der Waals surface area contributed by atoms with Crippen molar-refractivity contribution in [2.24, 2.45) is 5.92 Å². The van der Waals surface area contributed by atoms with E-state index in [1.54, 1.807) is 19.2 Å². The van der Waals surface area contributed by atoms with Gasteiger partial charge in [0, 0.05) is 25.0 Å². The van der Waals surface area contributed by atoms with Crippen LogP contribution in [-0.4, -0.2) is 42.1 Å². The quantitative estimate of drug-likeness (QED) is 0.473. The molecule has 0 atom stereocenters. The molecule has 0 aliphatic heterocycles. The number of benzene rings is 1. The zero-order valence-corrected chi connectivity index (χ0v) is 21.0. The summed E-state index contributed by atoms with van der Waals surface area (Å²) in [6.45, 7) is 8.38. The Morgan fingerprint density at radius 3 is 2.71 bits per heavy atom. The van der Waals surface area contributed by atoms with Gasteiger partial charge in [0.05, 0.1) is 6.07 Å². The highest BCUT2D eigenvalue weighted by atomic mass is 32.1. The highest BCUT2D eigenvalue weighted by Gasteiger charge is 2.14. The maximum Gasteiger partial charge on any atom is 0.270 e. The topological polar surface area (TPSA) is 114 Å². The van der Waals surface area contributed by atoms with Gasteiger partial charge in [-0.1, -0.05) is 26.0 Å². The molecule has 180 valence electrons. The highest BCUT2D eigenvalue weighted by Crippen LogP contribution is 2.12. The van der Waals surface area contributed by atoms with Crippen LogP contribution in [-0.2, 0) is 17.8 Å². The normalized spacial score (nSPS) is 12.4. The second kappa shape index (κ2) is 13.3. The van der Waals surface area contributed by atoms with Gasteiger partial charge in [0.1, 0.15) is 21.8 Å². The highest BCUT2D eigenvalue weighted by molar-refractivity contribution is 7.07. The molecule has 0 bridgehead atoms. The SMILES string of the molecule is CCn1c(=O)/c(=C\Nc2cccc(CCN(C)CCC(C)C)c2)s/c1=C(/C#N)C(=O)NCC#N. The molecule has 0 spiro atoms. The van der Waals surface area contributed by atoms with Gasteiger partial charge >= 0.3 is 0 Å². The number of nitriles is 2. The Morgan fingerprint density at radius 2 is 2.06 bits per heavy atom. The van der Waals surface area contributed by atoms with E-state index in [1.165, 1.54) is 16.6 Å². The van der Waals surface area contributed by atoms with Crippen LogP contribution in [0.3, 0.4) is 0 Å². The molecule has 1 aromatic heterocycles. The number of nitrogens with one attached hydrogen (secondary N) is 2. The van der Waals surface area contributed by atoms with Crippen molar-refractivity contribution in [1.82, 2.24) is 14.8 Å². The summed E-state index contributed by atoms with van der Waals surface area (Å²) >= 11 is 1.07. The molecule has 34 heavy (non-hydrogen) atoms. The summed E-state index contributed by atoms with van der Waals surface area (Å²) in [5.41, 5.74) is 1.60. The number of carbonyl (C=O) groups excluding carboxylic acids is 1. The Balaban J connectivity index is 2.25. The fraction of sp³-hybridized carbons (Fsp3) is 0.440. The number of carbonyl (C=O) groups is 1. The Hall–Kier alpha value is -3.40. The van der Waals surface area contributed by atoms with Crippen molar-refractivity contribution in [1.29, 1.82) is 10.5 Å². The van der Waals surface area contributed by atoms with Gasteiger partial charge in [-0.2, -0.15) is 10.5 Å². The number of anilines is 1. The monoisotopic (exact) mass is 480 g/mol. The number of amides is 1. The summed E-state index contributed by atoms with van der Waals surface area (Å²) in [6.07, 6.45) is 3.71. The van der Waals surface area contributed by atoms with Gasteiger partial charge < -0.3 is 15.5 Å². The second-order valence-corrected chi connectivity index (χ2v) is 9.40. The number of aromatic nitrogens is 1. The number of nitrogens with zero attached hydrogens (tertiary/aromatic N) is 4. The van der Waals surface area contributed by atoms with Crippen LogP contribution in [0, 0.1) is 28.6 Å². The maximum absolute atomic E-state index is 12.8. The molecular formula is C25H32N6O2S. The first-order valence-corrected chi connectivity index (χ1v) is 12.2.